The molecule has 1 heterocycles. The van der Waals surface area contributed by atoms with Crippen molar-refractivity contribution in [3.63, 3.8) is 0 Å². The first-order valence-electron chi connectivity index (χ1n) is 7.81. The van der Waals surface area contributed by atoms with Gasteiger partial charge in [0.05, 0.1) is 12.0 Å². The third-order valence-electron chi connectivity index (χ3n) is 3.50. The number of rotatable bonds is 10. The number of hydrogen-bond donors (Lipinski definition) is 3. The molecule has 4 N–H and O–H groups in total. The average molecular weight is 336 g/mol. The summed E-state index contributed by atoms with van der Waals surface area (Å²) in [5.74, 6) is -2.47. The van der Waals surface area contributed by atoms with E-state index in [9.17, 15) is 19.5 Å². The maximum atomic E-state index is 12.5. The minimum atomic E-state index is -1.32. The molecule has 0 aliphatic heterocycles. The second kappa shape index (κ2) is 9.61. The Hall–Kier alpha value is -2.48. The van der Waals surface area contributed by atoms with Gasteiger partial charge in [-0.2, -0.15) is 0 Å². The van der Waals surface area contributed by atoms with Crippen LogP contribution in [0.4, 0.5) is 0 Å². The fraction of sp³-hybridized carbons (Fsp3) is 0.500. The van der Waals surface area contributed by atoms with Gasteiger partial charge in [0.2, 0.25) is 5.91 Å². The van der Waals surface area contributed by atoms with Crippen LogP contribution in [0.15, 0.2) is 24.7 Å². The second-order valence-corrected chi connectivity index (χ2v) is 5.57. The zero-order valence-electron chi connectivity index (χ0n) is 13.8. The Morgan fingerprint density at radius 3 is 2.58 bits per heavy atom. The molecule has 1 rings (SSSR count). The summed E-state index contributed by atoms with van der Waals surface area (Å²) in [6, 6.07) is -1.32. The number of carbonyl (C=O) groups excluding carboxylic acids is 2. The first-order valence-corrected chi connectivity index (χ1v) is 7.81. The number of H-pyrrole nitrogens is 1. The molecule has 0 fully saturated rings. The van der Waals surface area contributed by atoms with E-state index in [1.54, 1.807) is 0 Å². The molecule has 0 saturated carbocycles. The van der Waals surface area contributed by atoms with Crippen LogP contribution in [0.5, 0.6) is 0 Å². The van der Waals surface area contributed by atoms with Crippen molar-refractivity contribution >= 4 is 17.8 Å². The first-order chi connectivity index (χ1) is 11.4. The van der Waals surface area contributed by atoms with E-state index in [-0.39, 0.29) is 18.4 Å². The first kappa shape index (κ1) is 19.6. The van der Waals surface area contributed by atoms with Crippen molar-refractivity contribution in [2.45, 2.75) is 45.1 Å². The molecule has 0 saturated heterocycles. The molecule has 24 heavy (non-hydrogen) atoms. The second-order valence-electron chi connectivity index (χ2n) is 5.57. The number of carboxylic acids is 1. The van der Waals surface area contributed by atoms with Crippen LogP contribution in [0.3, 0.4) is 0 Å². The van der Waals surface area contributed by atoms with Gasteiger partial charge in [-0.05, 0) is 26.3 Å². The molecular formula is C16H24N4O4. The number of imidazole rings is 1. The number of unbranched alkanes of at least 4 members (excludes halogenated alkanes) is 2. The van der Waals surface area contributed by atoms with E-state index in [1.807, 2.05) is 0 Å². The molecule has 0 unspecified atom stereocenters. The van der Waals surface area contributed by atoms with E-state index in [0.29, 0.717) is 18.7 Å². The number of aliphatic carboxylic acids is 1. The Balaban J connectivity index is 2.95. The molecule has 8 heteroatoms. The summed E-state index contributed by atoms with van der Waals surface area (Å²) in [5.41, 5.74) is 5.97. The summed E-state index contributed by atoms with van der Waals surface area (Å²) in [7, 11) is 0. The summed E-state index contributed by atoms with van der Waals surface area (Å²) in [5, 5.41) is 9.50. The normalized spacial score (nSPS) is 11.8. The van der Waals surface area contributed by atoms with Gasteiger partial charge in [-0.1, -0.05) is 13.0 Å². The Bertz CT molecular complexity index is 583. The van der Waals surface area contributed by atoms with E-state index < -0.39 is 23.8 Å². The number of imide groups is 1. The maximum absolute atomic E-state index is 12.5. The molecule has 1 aromatic rings. The van der Waals surface area contributed by atoms with Crippen LogP contribution in [0, 0.1) is 0 Å². The SMILES string of the molecule is C=C(C)C(=O)N(C(=O)CCCCCN)[C@@H](Cc1c[nH]cn1)C(=O)O. The predicted octanol–water partition coefficient (Wildman–Crippen LogP) is 0.856. The van der Waals surface area contributed by atoms with Gasteiger partial charge in [0.1, 0.15) is 6.04 Å². The minimum Gasteiger partial charge on any atom is -0.480 e. The predicted molar refractivity (Wildman–Crippen MR) is 87.9 cm³/mol. The van der Waals surface area contributed by atoms with E-state index in [4.69, 9.17) is 5.73 Å². The Labute approximate surface area is 140 Å². The van der Waals surface area contributed by atoms with Crippen molar-refractivity contribution in [2.75, 3.05) is 6.54 Å². The summed E-state index contributed by atoms with van der Waals surface area (Å²) in [4.78, 5) is 43.9. The van der Waals surface area contributed by atoms with Gasteiger partial charge in [-0.3, -0.25) is 14.5 Å². The molecule has 0 bridgehead atoms. The largest absolute Gasteiger partial charge is 0.480 e. The molecule has 1 atom stereocenters. The third kappa shape index (κ3) is 5.62. The van der Waals surface area contributed by atoms with E-state index in [2.05, 4.69) is 16.5 Å². The van der Waals surface area contributed by atoms with Gasteiger partial charge >= 0.3 is 5.97 Å². The monoisotopic (exact) mass is 336 g/mol. The summed E-state index contributed by atoms with van der Waals surface area (Å²) in [6.45, 7) is 5.51. The molecule has 132 valence electrons. The van der Waals surface area contributed by atoms with Crippen molar-refractivity contribution in [1.29, 1.82) is 0 Å². The number of nitrogens with one attached hydrogen (secondary N) is 1. The number of amides is 2. The van der Waals surface area contributed by atoms with Crippen LogP contribution >= 0.6 is 0 Å². The van der Waals surface area contributed by atoms with E-state index in [1.165, 1.54) is 19.4 Å². The van der Waals surface area contributed by atoms with Crippen LogP contribution in [0.25, 0.3) is 0 Å². The van der Waals surface area contributed by atoms with Gasteiger partial charge in [0.25, 0.3) is 5.91 Å². The highest BCUT2D eigenvalue weighted by Crippen LogP contribution is 2.14. The quantitative estimate of drug-likeness (QED) is 0.429. The van der Waals surface area contributed by atoms with Crippen molar-refractivity contribution in [3.05, 3.63) is 30.4 Å². The number of aromatic amines is 1. The number of aromatic nitrogens is 2. The molecule has 0 aliphatic rings. The fourth-order valence-corrected chi connectivity index (χ4v) is 2.24. The molecule has 1 aromatic heterocycles. The average Bonchev–Trinajstić information content (AvgIpc) is 3.03. The van der Waals surface area contributed by atoms with Gasteiger partial charge in [-0.15, -0.1) is 0 Å². The number of nitrogens with two attached hydrogens (primary N) is 1. The molecule has 0 aliphatic carbocycles. The summed E-state index contributed by atoms with van der Waals surface area (Å²) >= 11 is 0. The van der Waals surface area contributed by atoms with Gasteiger partial charge in [0.15, 0.2) is 0 Å². The molecule has 8 nitrogen and oxygen atoms in total. The number of nitrogens with zero attached hydrogens (tertiary/aromatic N) is 2. The Kier molecular flexibility index (Phi) is 7.84. The summed E-state index contributed by atoms with van der Waals surface area (Å²) in [6.07, 6.45) is 5.03. The highest BCUT2D eigenvalue weighted by molar-refractivity contribution is 6.06. The number of carboxylic acid groups (broad SMARTS) is 1. The lowest BCUT2D eigenvalue weighted by Crippen LogP contribution is -2.50. The molecule has 0 aromatic carbocycles. The molecule has 2 amide bonds. The Morgan fingerprint density at radius 1 is 1.38 bits per heavy atom. The topological polar surface area (TPSA) is 129 Å². The maximum Gasteiger partial charge on any atom is 0.327 e. The lowest BCUT2D eigenvalue weighted by atomic mass is 10.1. The molecule has 0 spiro atoms. The van der Waals surface area contributed by atoms with Crippen LogP contribution in [0.1, 0.15) is 38.3 Å². The van der Waals surface area contributed by atoms with Crippen molar-refractivity contribution in [1.82, 2.24) is 14.9 Å². The highest BCUT2D eigenvalue weighted by atomic mass is 16.4. The number of carbonyl (C=O) groups is 3. The van der Waals surface area contributed by atoms with Crippen LogP contribution in [-0.2, 0) is 20.8 Å². The molecule has 0 radical (unpaired) electrons. The van der Waals surface area contributed by atoms with Crippen LogP contribution < -0.4 is 5.73 Å². The van der Waals surface area contributed by atoms with Gasteiger partial charge in [0, 0.05) is 24.6 Å². The van der Waals surface area contributed by atoms with Gasteiger partial charge in [-0.25, -0.2) is 9.78 Å². The number of hydrogen-bond acceptors (Lipinski definition) is 5. The van der Waals surface area contributed by atoms with Crippen molar-refractivity contribution in [2.24, 2.45) is 5.73 Å². The minimum absolute atomic E-state index is 0.0631. The van der Waals surface area contributed by atoms with Gasteiger partial charge < -0.3 is 15.8 Å². The standard InChI is InChI=1S/C16H24N4O4/c1-11(2)15(22)20(14(21)6-4-3-5-7-17)13(16(23)24)8-12-9-18-10-19-12/h9-10,13H,1,3-8,17H2,2H3,(H,18,19)(H,23,24)/t13-/m0/s1. The van der Waals surface area contributed by atoms with Crippen LogP contribution in [-0.4, -0.2) is 50.3 Å². The van der Waals surface area contributed by atoms with E-state index >= 15 is 0 Å². The zero-order chi connectivity index (χ0) is 18.1. The third-order valence-corrected chi connectivity index (χ3v) is 3.50. The Morgan fingerprint density at radius 2 is 2.08 bits per heavy atom. The lowest BCUT2D eigenvalue weighted by molar-refractivity contribution is -0.156. The molecular weight excluding hydrogens is 312 g/mol. The summed E-state index contributed by atoms with van der Waals surface area (Å²) < 4.78 is 0. The van der Waals surface area contributed by atoms with Crippen LogP contribution in [0.2, 0.25) is 0 Å². The fourth-order valence-electron chi connectivity index (χ4n) is 2.24. The van der Waals surface area contributed by atoms with E-state index in [0.717, 1.165) is 17.7 Å². The zero-order valence-corrected chi connectivity index (χ0v) is 13.8. The van der Waals surface area contributed by atoms with Crippen molar-refractivity contribution in [3.8, 4) is 0 Å². The lowest BCUT2D eigenvalue weighted by Gasteiger charge is -2.27. The van der Waals surface area contributed by atoms with Crippen molar-refractivity contribution < 1.29 is 19.5 Å². The highest BCUT2D eigenvalue weighted by Gasteiger charge is 2.35. The smallest absolute Gasteiger partial charge is 0.327 e.